The molecule has 27 heavy (non-hydrogen) atoms. The van der Waals surface area contributed by atoms with Crippen molar-refractivity contribution in [2.45, 2.75) is 18.4 Å². The van der Waals surface area contributed by atoms with E-state index in [1.807, 2.05) is 42.5 Å². The molecular formula is C21H22N2O3S. The highest BCUT2D eigenvalue weighted by Crippen LogP contribution is 2.28. The number of fused-ring (bicyclic) bond motifs is 1. The van der Waals surface area contributed by atoms with Crippen molar-refractivity contribution < 1.29 is 14.3 Å². The first-order valence-electron chi connectivity index (χ1n) is 8.67. The van der Waals surface area contributed by atoms with Crippen LogP contribution in [0.2, 0.25) is 0 Å². The average Bonchev–Trinajstić information content (AvgIpc) is 2.71. The van der Waals surface area contributed by atoms with Gasteiger partial charge in [0.2, 0.25) is 5.91 Å². The number of thioether (sulfide) groups is 1. The second-order valence-electron chi connectivity index (χ2n) is 5.93. The number of benzene rings is 2. The van der Waals surface area contributed by atoms with Crippen molar-refractivity contribution in [2.24, 2.45) is 0 Å². The average molecular weight is 382 g/mol. The Kier molecular flexibility index (Phi) is 6.19. The zero-order chi connectivity index (χ0) is 19.2. The van der Waals surface area contributed by atoms with E-state index >= 15 is 0 Å². The van der Waals surface area contributed by atoms with Gasteiger partial charge in [-0.3, -0.25) is 4.79 Å². The van der Waals surface area contributed by atoms with Gasteiger partial charge in [0.05, 0.1) is 25.5 Å². The first kappa shape index (κ1) is 19.0. The Balaban J connectivity index is 1.70. The summed E-state index contributed by atoms with van der Waals surface area (Å²) >= 11 is 1.45. The molecule has 0 bridgehead atoms. The van der Waals surface area contributed by atoms with E-state index in [0.717, 1.165) is 45.1 Å². The fourth-order valence-electron chi connectivity index (χ4n) is 2.69. The summed E-state index contributed by atoms with van der Waals surface area (Å²) in [6.07, 6.45) is 0.850. The van der Waals surface area contributed by atoms with E-state index in [-0.39, 0.29) is 5.91 Å². The molecule has 1 N–H and O–H groups in total. The molecule has 0 aliphatic carbocycles. The van der Waals surface area contributed by atoms with E-state index < -0.39 is 0 Å². The second kappa shape index (κ2) is 8.77. The molecule has 1 heterocycles. The van der Waals surface area contributed by atoms with Gasteiger partial charge in [-0.1, -0.05) is 18.7 Å². The first-order chi connectivity index (χ1) is 13.1. The van der Waals surface area contributed by atoms with Gasteiger partial charge in [-0.15, -0.1) is 0 Å². The molecular weight excluding hydrogens is 360 g/mol. The number of hydrogen-bond acceptors (Lipinski definition) is 5. The van der Waals surface area contributed by atoms with Crippen molar-refractivity contribution in [1.82, 2.24) is 4.98 Å². The number of nitrogens with zero attached hydrogens (tertiary/aromatic N) is 1. The van der Waals surface area contributed by atoms with Crippen LogP contribution in [0.15, 0.2) is 53.6 Å². The maximum absolute atomic E-state index is 12.3. The van der Waals surface area contributed by atoms with Crippen LogP contribution in [0.3, 0.4) is 0 Å². The van der Waals surface area contributed by atoms with Gasteiger partial charge in [0.25, 0.3) is 0 Å². The van der Waals surface area contributed by atoms with Crippen molar-refractivity contribution in [3.63, 3.8) is 0 Å². The van der Waals surface area contributed by atoms with E-state index in [1.165, 1.54) is 11.8 Å². The third-order valence-electron chi connectivity index (χ3n) is 4.16. The van der Waals surface area contributed by atoms with Crippen LogP contribution in [0, 0.1) is 0 Å². The lowest BCUT2D eigenvalue weighted by molar-refractivity contribution is -0.113. The number of ether oxygens (including phenoxy) is 2. The van der Waals surface area contributed by atoms with E-state index in [9.17, 15) is 4.79 Å². The Morgan fingerprint density at radius 1 is 1.04 bits per heavy atom. The molecule has 5 nitrogen and oxygen atoms in total. The van der Waals surface area contributed by atoms with Gasteiger partial charge < -0.3 is 14.8 Å². The van der Waals surface area contributed by atoms with Gasteiger partial charge in [0.1, 0.15) is 16.5 Å². The number of amides is 1. The second-order valence-corrected chi connectivity index (χ2v) is 6.89. The third-order valence-corrected chi connectivity index (χ3v) is 5.19. The highest BCUT2D eigenvalue weighted by molar-refractivity contribution is 8.00. The van der Waals surface area contributed by atoms with Crippen LogP contribution < -0.4 is 14.8 Å². The fourth-order valence-corrected chi connectivity index (χ4v) is 3.58. The topological polar surface area (TPSA) is 60.5 Å². The molecule has 0 radical (unpaired) electrons. The Bertz CT molecular complexity index is 942. The summed E-state index contributed by atoms with van der Waals surface area (Å²) in [4.78, 5) is 17.0. The van der Waals surface area contributed by atoms with Gasteiger partial charge in [-0.25, -0.2) is 4.98 Å². The number of rotatable bonds is 7. The van der Waals surface area contributed by atoms with E-state index in [0.29, 0.717) is 5.75 Å². The summed E-state index contributed by atoms with van der Waals surface area (Å²) in [5, 5.41) is 4.82. The first-order valence-corrected chi connectivity index (χ1v) is 9.66. The van der Waals surface area contributed by atoms with Crippen LogP contribution in [-0.2, 0) is 11.2 Å². The Hall–Kier alpha value is -2.73. The van der Waals surface area contributed by atoms with Crippen molar-refractivity contribution in [3.05, 3.63) is 54.1 Å². The molecule has 0 spiro atoms. The minimum atomic E-state index is -0.0659. The number of hydrogen-bond donors (Lipinski definition) is 1. The minimum Gasteiger partial charge on any atom is -0.497 e. The van der Waals surface area contributed by atoms with Gasteiger partial charge in [0.15, 0.2) is 0 Å². The largest absolute Gasteiger partial charge is 0.497 e. The highest BCUT2D eigenvalue weighted by Gasteiger charge is 2.10. The van der Waals surface area contributed by atoms with Gasteiger partial charge in [-0.05, 0) is 60.5 Å². The van der Waals surface area contributed by atoms with E-state index in [4.69, 9.17) is 14.5 Å². The predicted octanol–water partition coefficient (Wildman–Crippen LogP) is 4.55. The van der Waals surface area contributed by atoms with E-state index in [1.54, 1.807) is 14.2 Å². The standard InChI is InChI=1S/C21H22N2O3S/c1-4-14-11-15-12-18(26-3)9-10-19(15)23-21(14)27-13-20(24)22-16-5-7-17(25-2)8-6-16/h5-12H,4,13H2,1-3H3,(H,22,24). The van der Waals surface area contributed by atoms with Gasteiger partial charge in [-0.2, -0.15) is 0 Å². The molecule has 0 atom stereocenters. The minimum absolute atomic E-state index is 0.0659. The quantitative estimate of drug-likeness (QED) is 0.608. The number of aryl methyl sites for hydroxylation is 1. The summed E-state index contributed by atoms with van der Waals surface area (Å²) in [7, 11) is 3.27. The number of aromatic nitrogens is 1. The van der Waals surface area contributed by atoms with Crippen LogP contribution in [0.1, 0.15) is 12.5 Å². The molecule has 1 aromatic heterocycles. The van der Waals surface area contributed by atoms with Crippen molar-refractivity contribution in [3.8, 4) is 11.5 Å². The molecule has 1 amide bonds. The molecule has 6 heteroatoms. The summed E-state index contributed by atoms with van der Waals surface area (Å²) < 4.78 is 10.4. The summed E-state index contributed by atoms with van der Waals surface area (Å²) in [6, 6.07) is 15.2. The number of nitrogens with one attached hydrogen (secondary N) is 1. The maximum Gasteiger partial charge on any atom is 0.234 e. The molecule has 140 valence electrons. The fraction of sp³-hybridized carbons (Fsp3) is 0.238. The molecule has 0 aliphatic heterocycles. The molecule has 3 rings (SSSR count). The molecule has 0 aliphatic rings. The number of methoxy groups -OCH3 is 2. The van der Waals surface area contributed by atoms with E-state index in [2.05, 4.69) is 18.3 Å². The van der Waals surface area contributed by atoms with Crippen molar-refractivity contribution in [2.75, 3.05) is 25.3 Å². The maximum atomic E-state index is 12.3. The molecule has 3 aromatic rings. The summed E-state index contributed by atoms with van der Waals surface area (Å²) in [5.41, 5.74) is 2.76. The van der Waals surface area contributed by atoms with Crippen LogP contribution in [0.5, 0.6) is 11.5 Å². The summed E-state index contributed by atoms with van der Waals surface area (Å²) in [5.74, 6) is 1.80. The number of pyridine rings is 1. The third kappa shape index (κ3) is 4.71. The number of carbonyl (C=O) groups is 1. The highest BCUT2D eigenvalue weighted by atomic mass is 32.2. The van der Waals surface area contributed by atoms with Crippen LogP contribution in [0.25, 0.3) is 10.9 Å². The Labute approximate surface area is 163 Å². The SMILES string of the molecule is CCc1cc2cc(OC)ccc2nc1SCC(=O)Nc1ccc(OC)cc1. The van der Waals surface area contributed by atoms with Crippen molar-refractivity contribution in [1.29, 1.82) is 0 Å². The molecule has 2 aromatic carbocycles. The van der Waals surface area contributed by atoms with Gasteiger partial charge >= 0.3 is 0 Å². The Morgan fingerprint density at radius 3 is 2.41 bits per heavy atom. The zero-order valence-corrected chi connectivity index (χ0v) is 16.4. The lowest BCUT2D eigenvalue weighted by Gasteiger charge is -2.10. The van der Waals surface area contributed by atoms with Crippen molar-refractivity contribution >= 4 is 34.3 Å². The Morgan fingerprint density at radius 2 is 1.74 bits per heavy atom. The molecule has 0 fully saturated rings. The molecule has 0 unspecified atom stereocenters. The number of anilines is 1. The van der Waals surface area contributed by atoms with Gasteiger partial charge in [0, 0.05) is 11.1 Å². The lowest BCUT2D eigenvalue weighted by atomic mass is 10.1. The lowest BCUT2D eigenvalue weighted by Crippen LogP contribution is -2.14. The smallest absolute Gasteiger partial charge is 0.234 e. The van der Waals surface area contributed by atoms with Crippen LogP contribution >= 0.6 is 11.8 Å². The normalized spacial score (nSPS) is 10.6. The summed E-state index contributed by atoms with van der Waals surface area (Å²) in [6.45, 7) is 2.09. The number of carbonyl (C=O) groups excluding carboxylic acids is 1. The predicted molar refractivity (Wildman–Crippen MR) is 110 cm³/mol. The molecule has 0 saturated heterocycles. The van der Waals surface area contributed by atoms with Crippen LogP contribution in [0.4, 0.5) is 5.69 Å². The van der Waals surface area contributed by atoms with Crippen LogP contribution in [-0.4, -0.2) is 30.9 Å². The monoisotopic (exact) mass is 382 g/mol. The zero-order valence-electron chi connectivity index (χ0n) is 15.6. The molecule has 0 saturated carbocycles.